The van der Waals surface area contributed by atoms with E-state index in [-0.39, 0.29) is 0 Å². The van der Waals surface area contributed by atoms with Crippen molar-refractivity contribution in [1.29, 1.82) is 0 Å². The molecule has 0 atom stereocenters. The fourth-order valence-corrected chi connectivity index (χ4v) is 3.32. The summed E-state index contributed by atoms with van der Waals surface area (Å²) in [5.41, 5.74) is 0. The largest absolute Gasteiger partial charge is 0.673 e. The molecular weight excluding hydrogens is 379 g/mol. The topological polar surface area (TPSA) is 8.81 Å². The van der Waals surface area contributed by atoms with Crippen LogP contribution in [0.3, 0.4) is 0 Å². The number of hydrogen-bond donors (Lipinski definition) is 0. The van der Waals surface area contributed by atoms with Gasteiger partial charge in [-0.15, -0.1) is 0 Å². The maximum atomic E-state index is 9.75. The van der Waals surface area contributed by atoms with E-state index in [1.54, 1.807) is 0 Å². The Morgan fingerprint density at radius 2 is 1.14 bits per heavy atom. The van der Waals surface area contributed by atoms with E-state index in [4.69, 9.17) is 0 Å². The number of hydrogen-bond acceptors (Lipinski definition) is 0. The fraction of sp³-hybridized carbons (Fsp3) is 0.773. The molecule has 0 aromatic carbocycles. The molecule has 7 heteroatoms. The summed E-state index contributed by atoms with van der Waals surface area (Å²) in [6.45, 7) is 7.20. The number of aromatic nitrogens is 2. The van der Waals surface area contributed by atoms with Crippen LogP contribution in [0.2, 0.25) is 0 Å². The van der Waals surface area contributed by atoms with Crippen LogP contribution in [0.25, 0.3) is 6.20 Å². The van der Waals surface area contributed by atoms with Gasteiger partial charge in [-0.2, -0.15) is 0 Å². The summed E-state index contributed by atoms with van der Waals surface area (Å²) in [5, 5.41) is 0. The zero-order valence-corrected chi connectivity index (χ0v) is 18.3. The molecule has 0 N–H and O–H groups in total. The van der Waals surface area contributed by atoms with Gasteiger partial charge in [0.1, 0.15) is 12.4 Å². The third-order valence-corrected chi connectivity index (χ3v) is 4.94. The Bertz CT molecular complexity index is 483. The second kappa shape index (κ2) is 18.7. The van der Waals surface area contributed by atoms with Gasteiger partial charge < -0.3 is 17.3 Å². The van der Waals surface area contributed by atoms with Gasteiger partial charge in [-0.25, -0.2) is 9.13 Å². The lowest BCUT2D eigenvalue weighted by Gasteiger charge is -2.03. The van der Waals surface area contributed by atoms with E-state index in [1.807, 2.05) is 10.8 Å². The highest BCUT2D eigenvalue weighted by Crippen LogP contribution is 2.13. The summed E-state index contributed by atoms with van der Waals surface area (Å²) in [5.74, 6) is 0. The molecule has 0 bridgehead atoms. The summed E-state index contributed by atoms with van der Waals surface area (Å²) in [6.07, 6.45) is 29.5. The van der Waals surface area contributed by atoms with Crippen molar-refractivity contribution in [1.82, 2.24) is 4.57 Å². The van der Waals surface area contributed by atoms with Gasteiger partial charge in [-0.3, -0.25) is 0 Å². The summed E-state index contributed by atoms with van der Waals surface area (Å²) < 4.78 is 43.3. The molecule has 170 valence electrons. The molecule has 1 rings (SSSR count). The Hall–Kier alpha value is -1.27. The third kappa shape index (κ3) is 22.9. The van der Waals surface area contributed by atoms with E-state index in [0.29, 0.717) is 0 Å². The Kier molecular flexibility index (Phi) is 17.9. The highest BCUT2D eigenvalue weighted by Gasteiger charge is 2.20. The van der Waals surface area contributed by atoms with Crippen molar-refractivity contribution in [3.8, 4) is 0 Å². The first-order valence-electron chi connectivity index (χ1n) is 11.4. The molecule has 1 aromatic heterocycles. The van der Waals surface area contributed by atoms with Crippen molar-refractivity contribution in [3.63, 3.8) is 0 Å². The Morgan fingerprint density at radius 1 is 0.759 bits per heavy atom. The lowest BCUT2D eigenvalue weighted by atomic mass is 10.0. The van der Waals surface area contributed by atoms with Gasteiger partial charge in [0.15, 0.2) is 0 Å². The first kappa shape index (κ1) is 27.7. The van der Waals surface area contributed by atoms with Crippen molar-refractivity contribution in [3.05, 3.63) is 25.3 Å². The molecule has 1 aromatic rings. The predicted octanol–water partition coefficient (Wildman–Crippen LogP) is 8.05. The van der Waals surface area contributed by atoms with Crippen molar-refractivity contribution >= 4 is 13.5 Å². The van der Waals surface area contributed by atoms with Gasteiger partial charge in [0, 0.05) is 0 Å². The molecule has 0 amide bonds. The van der Waals surface area contributed by atoms with E-state index in [9.17, 15) is 17.3 Å². The summed E-state index contributed by atoms with van der Waals surface area (Å²) in [4.78, 5) is 0. The van der Waals surface area contributed by atoms with E-state index in [2.05, 4.69) is 36.8 Å². The van der Waals surface area contributed by atoms with Gasteiger partial charge in [0.2, 0.25) is 6.33 Å². The smallest absolute Gasteiger partial charge is 0.418 e. The van der Waals surface area contributed by atoms with Gasteiger partial charge in [0.25, 0.3) is 0 Å². The fourth-order valence-electron chi connectivity index (χ4n) is 3.32. The molecule has 0 aliphatic heterocycles. The highest BCUT2D eigenvalue weighted by molar-refractivity contribution is 6.50. The molecule has 0 radical (unpaired) electrons. The quantitative estimate of drug-likeness (QED) is 0.104. The first-order chi connectivity index (χ1) is 13.9. The van der Waals surface area contributed by atoms with Gasteiger partial charge in [-0.1, -0.05) is 97.0 Å². The molecule has 0 fully saturated rings. The zero-order chi connectivity index (χ0) is 21.8. The molecule has 1 heterocycles. The summed E-state index contributed by atoms with van der Waals surface area (Å²) >= 11 is 0. The SMILES string of the molecule is C=Cn1cc[n+](CCCCCCCCCCCCCCCCC)c1.F[B-](F)(F)F. The molecule has 0 saturated carbocycles. The molecule has 0 unspecified atom stereocenters. The van der Waals surface area contributed by atoms with Crippen LogP contribution in [0.5, 0.6) is 0 Å². The second-order valence-electron chi connectivity index (χ2n) is 7.73. The average Bonchev–Trinajstić information content (AvgIpc) is 3.11. The summed E-state index contributed by atoms with van der Waals surface area (Å²) in [6, 6.07) is 0. The van der Waals surface area contributed by atoms with Crippen LogP contribution in [0.4, 0.5) is 17.3 Å². The maximum absolute atomic E-state index is 9.75. The van der Waals surface area contributed by atoms with E-state index in [1.165, 1.54) is 96.3 Å². The minimum Gasteiger partial charge on any atom is -0.418 e. The van der Waals surface area contributed by atoms with Gasteiger partial charge in [0.05, 0.1) is 12.7 Å². The van der Waals surface area contributed by atoms with Crippen molar-refractivity contribution < 1.29 is 21.8 Å². The minimum absolute atomic E-state index is 1.14. The molecule has 0 saturated heterocycles. The highest BCUT2D eigenvalue weighted by atomic mass is 19.5. The van der Waals surface area contributed by atoms with Gasteiger partial charge in [-0.05, 0) is 12.8 Å². The maximum Gasteiger partial charge on any atom is 0.673 e. The normalized spacial score (nSPS) is 11.2. The lowest BCUT2D eigenvalue weighted by molar-refractivity contribution is -0.696. The van der Waals surface area contributed by atoms with E-state index < -0.39 is 7.25 Å². The Morgan fingerprint density at radius 3 is 1.48 bits per heavy atom. The molecular formula is C22H41BF4N2. The standard InChI is InChI=1S/C22H41N2.BF4/c1-3-5-6-7-8-9-10-11-12-13-14-15-16-17-18-19-24-21-20-23(4-2)22-24;2-1(3,4)5/h4,20-22H,2-3,5-19H2,1H3;/q+1;-1. The molecule has 0 aliphatic carbocycles. The molecule has 29 heavy (non-hydrogen) atoms. The number of rotatable bonds is 17. The van der Waals surface area contributed by atoms with Crippen molar-refractivity contribution in [2.45, 2.75) is 110 Å². The van der Waals surface area contributed by atoms with Crippen LogP contribution in [-0.4, -0.2) is 11.8 Å². The molecule has 2 nitrogen and oxygen atoms in total. The molecule has 0 aliphatic rings. The monoisotopic (exact) mass is 420 g/mol. The van der Waals surface area contributed by atoms with Crippen molar-refractivity contribution in [2.75, 3.05) is 0 Å². The predicted molar refractivity (Wildman–Crippen MR) is 116 cm³/mol. The van der Waals surface area contributed by atoms with Crippen LogP contribution < -0.4 is 4.57 Å². The Balaban J connectivity index is 0.00000139. The number of nitrogens with zero attached hydrogens (tertiary/aromatic N) is 2. The number of aryl methyl sites for hydroxylation is 1. The minimum atomic E-state index is -6.00. The average molecular weight is 420 g/mol. The Labute approximate surface area is 175 Å². The van der Waals surface area contributed by atoms with Crippen LogP contribution in [0.1, 0.15) is 103 Å². The third-order valence-electron chi connectivity index (χ3n) is 4.94. The molecule has 0 spiro atoms. The van der Waals surface area contributed by atoms with Gasteiger partial charge >= 0.3 is 7.25 Å². The van der Waals surface area contributed by atoms with Crippen LogP contribution in [-0.2, 0) is 6.54 Å². The number of unbranched alkanes of at least 4 members (excludes halogenated alkanes) is 14. The number of imidazole rings is 1. The van der Waals surface area contributed by atoms with Crippen molar-refractivity contribution in [2.24, 2.45) is 0 Å². The number of halogens is 4. The van der Waals surface area contributed by atoms with Crippen LogP contribution in [0, 0.1) is 0 Å². The lowest BCUT2D eigenvalue weighted by Crippen LogP contribution is -2.30. The second-order valence-corrected chi connectivity index (χ2v) is 7.73. The van der Waals surface area contributed by atoms with E-state index >= 15 is 0 Å². The van der Waals surface area contributed by atoms with Crippen LogP contribution >= 0.6 is 0 Å². The van der Waals surface area contributed by atoms with E-state index in [0.717, 1.165) is 6.54 Å². The van der Waals surface area contributed by atoms with Crippen LogP contribution in [0.15, 0.2) is 25.3 Å². The first-order valence-corrected chi connectivity index (χ1v) is 11.4. The zero-order valence-electron chi connectivity index (χ0n) is 18.3. The summed E-state index contributed by atoms with van der Waals surface area (Å²) in [7, 11) is -6.00.